The molecule has 0 saturated heterocycles. The number of thiophene rings is 1. The van der Waals surface area contributed by atoms with Crippen LogP contribution in [-0.2, 0) is 0 Å². The van der Waals surface area contributed by atoms with Crippen LogP contribution in [0.4, 0.5) is 5.69 Å². The molecule has 0 aliphatic carbocycles. The summed E-state index contributed by atoms with van der Waals surface area (Å²) in [5.41, 5.74) is 3.48. The fourth-order valence-corrected chi connectivity index (χ4v) is 3.72. The summed E-state index contributed by atoms with van der Waals surface area (Å²) in [4.78, 5) is 1.24. The van der Waals surface area contributed by atoms with Gasteiger partial charge < -0.3 is 0 Å². The summed E-state index contributed by atoms with van der Waals surface area (Å²) in [7, 11) is 0. The minimum absolute atomic E-state index is 0.217. The second kappa shape index (κ2) is 6.19. The summed E-state index contributed by atoms with van der Waals surface area (Å²) < 4.78 is 0. The van der Waals surface area contributed by atoms with Gasteiger partial charge in [0.2, 0.25) is 0 Å². The molecule has 4 heteroatoms. The molecule has 2 nitrogen and oxygen atoms in total. The van der Waals surface area contributed by atoms with E-state index in [9.17, 15) is 0 Å². The Morgan fingerprint density at radius 3 is 2.43 bits per heavy atom. The Hall–Kier alpha value is -2.10. The van der Waals surface area contributed by atoms with Gasteiger partial charge in [-0.05, 0) is 41.3 Å². The zero-order valence-electron chi connectivity index (χ0n) is 12.4. The van der Waals surface area contributed by atoms with Gasteiger partial charge in [-0.3, -0.25) is 5.01 Å². The van der Waals surface area contributed by atoms with E-state index in [1.54, 1.807) is 11.3 Å². The quantitative estimate of drug-likeness (QED) is 0.593. The second-order valence-electron chi connectivity index (χ2n) is 5.48. The van der Waals surface area contributed by atoms with Crippen LogP contribution >= 0.6 is 22.9 Å². The Labute approximate surface area is 144 Å². The van der Waals surface area contributed by atoms with Crippen LogP contribution < -0.4 is 5.01 Å². The van der Waals surface area contributed by atoms with E-state index < -0.39 is 0 Å². The monoisotopic (exact) mass is 338 g/mol. The summed E-state index contributed by atoms with van der Waals surface area (Å²) in [5.74, 6) is 0. The van der Waals surface area contributed by atoms with Crippen LogP contribution in [0.5, 0.6) is 0 Å². The first-order valence-electron chi connectivity index (χ1n) is 7.52. The molecule has 2 aromatic carbocycles. The summed E-state index contributed by atoms with van der Waals surface area (Å²) >= 11 is 7.77. The number of halogens is 1. The fraction of sp³-hybridized carbons (Fsp3) is 0.105. The molecule has 1 atom stereocenters. The molecule has 0 bridgehead atoms. The van der Waals surface area contributed by atoms with Gasteiger partial charge in [0.1, 0.15) is 0 Å². The number of nitrogens with zero attached hydrogens (tertiary/aromatic N) is 2. The van der Waals surface area contributed by atoms with Gasteiger partial charge in [0.25, 0.3) is 0 Å². The molecule has 0 N–H and O–H groups in total. The van der Waals surface area contributed by atoms with Crippen molar-refractivity contribution < 1.29 is 0 Å². The molecule has 1 aromatic heterocycles. The maximum atomic E-state index is 6.03. The first-order valence-corrected chi connectivity index (χ1v) is 8.78. The molecular weight excluding hydrogens is 324 g/mol. The topological polar surface area (TPSA) is 15.6 Å². The number of hydrazone groups is 1. The largest absolute Gasteiger partial charge is 0.257 e. The highest BCUT2D eigenvalue weighted by Gasteiger charge is 2.30. The summed E-state index contributed by atoms with van der Waals surface area (Å²) in [5, 5.41) is 9.86. The van der Waals surface area contributed by atoms with Crippen molar-refractivity contribution in [3.05, 3.63) is 87.6 Å². The molecule has 0 spiro atoms. The molecule has 4 rings (SSSR count). The standard InChI is InChI=1S/C19H15ClN2S/c20-15-8-10-16(11-9-15)22-18(14-5-2-1-3-6-14)13-17(21-22)19-7-4-12-23-19/h1-12,18H,13H2/t18-/m0/s1. The first kappa shape index (κ1) is 14.5. The van der Waals surface area contributed by atoms with Crippen LogP contribution in [0.3, 0.4) is 0 Å². The van der Waals surface area contributed by atoms with Gasteiger partial charge in [-0.2, -0.15) is 5.10 Å². The lowest BCUT2D eigenvalue weighted by molar-refractivity contribution is 0.709. The van der Waals surface area contributed by atoms with Gasteiger partial charge in [-0.25, -0.2) is 0 Å². The van der Waals surface area contributed by atoms with Gasteiger partial charge in [0.05, 0.1) is 22.3 Å². The highest BCUT2D eigenvalue weighted by atomic mass is 35.5. The summed E-state index contributed by atoms with van der Waals surface area (Å²) in [6.45, 7) is 0. The number of rotatable bonds is 3. The van der Waals surface area contributed by atoms with Crippen LogP contribution in [0.2, 0.25) is 5.02 Å². The predicted molar refractivity (Wildman–Crippen MR) is 98.6 cm³/mol. The van der Waals surface area contributed by atoms with E-state index in [4.69, 9.17) is 16.7 Å². The van der Waals surface area contributed by atoms with Gasteiger partial charge in [0, 0.05) is 11.4 Å². The highest BCUT2D eigenvalue weighted by molar-refractivity contribution is 7.12. The van der Waals surface area contributed by atoms with Crippen molar-refractivity contribution >= 4 is 34.3 Å². The molecular formula is C19H15ClN2S. The third kappa shape index (κ3) is 2.90. The third-order valence-corrected chi connectivity index (χ3v) is 5.16. The lowest BCUT2D eigenvalue weighted by atomic mass is 10.0. The van der Waals surface area contributed by atoms with Crippen molar-refractivity contribution in [3.8, 4) is 0 Å². The minimum atomic E-state index is 0.217. The van der Waals surface area contributed by atoms with Crippen molar-refractivity contribution in [3.63, 3.8) is 0 Å². The van der Waals surface area contributed by atoms with Gasteiger partial charge >= 0.3 is 0 Å². The molecule has 23 heavy (non-hydrogen) atoms. The Bertz CT molecular complexity index is 810. The lowest BCUT2D eigenvalue weighted by Gasteiger charge is -2.24. The van der Waals surface area contributed by atoms with Crippen LogP contribution in [0.25, 0.3) is 0 Å². The van der Waals surface area contributed by atoms with Crippen LogP contribution in [0.1, 0.15) is 22.9 Å². The lowest BCUT2D eigenvalue weighted by Crippen LogP contribution is -2.18. The Kier molecular flexibility index (Phi) is 3.90. The Balaban J connectivity index is 1.75. The van der Waals surface area contributed by atoms with E-state index in [1.807, 2.05) is 30.3 Å². The van der Waals surface area contributed by atoms with Crippen molar-refractivity contribution in [1.29, 1.82) is 0 Å². The van der Waals surface area contributed by atoms with Crippen molar-refractivity contribution in [1.82, 2.24) is 0 Å². The Morgan fingerprint density at radius 2 is 1.74 bits per heavy atom. The second-order valence-corrected chi connectivity index (χ2v) is 6.86. The third-order valence-electron chi connectivity index (χ3n) is 3.99. The summed E-state index contributed by atoms with van der Waals surface area (Å²) in [6, 6.07) is 22.9. The first-order chi connectivity index (χ1) is 11.3. The molecule has 0 saturated carbocycles. The molecule has 0 amide bonds. The molecule has 0 radical (unpaired) electrons. The fourth-order valence-electron chi connectivity index (χ4n) is 2.87. The van der Waals surface area contributed by atoms with E-state index in [1.165, 1.54) is 10.4 Å². The molecule has 1 aliphatic heterocycles. The van der Waals surface area contributed by atoms with E-state index in [0.717, 1.165) is 22.8 Å². The molecule has 3 aromatic rings. The number of anilines is 1. The zero-order chi connectivity index (χ0) is 15.6. The normalized spacial score (nSPS) is 17.3. The van der Waals surface area contributed by atoms with Gasteiger partial charge in [-0.15, -0.1) is 11.3 Å². The van der Waals surface area contributed by atoms with Gasteiger partial charge in [-0.1, -0.05) is 48.0 Å². The van der Waals surface area contributed by atoms with E-state index in [0.29, 0.717) is 0 Å². The van der Waals surface area contributed by atoms with Crippen LogP contribution in [0, 0.1) is 0 Å². The predicted octanol–water partition coefficient (Wildman–Crippen LogP) is 5.76. The maximum absolute atomic E-state index is 6.03. The average Bonchev–Trinajstić information content (AvgIpc) is 3.26. The molecule has 2 heterocycles. The van der Waals surface area contributed by atoms with Crippen LogP contribution in [0.15, 0.2) is 77.2 Å². The number of benzene rings is 2. The average molecular weight is 339 g/mol. The molecule has 0 fully saturated rings. The van der Waals surface area contributed by atoms with Crippen molar-refractivity contribution in [2.75, 3.05) is 5.01 Å². The molecule has 0 unspecified atom stereocenters. The Morgan fingerprint density at radius 1 is 0.957 bits per heavy atom. The van der Waals surface area contributed by atoms with Crippen molar-refractivity contribution in [2.45, 2.75) is 12.5 Å². The molecule has 114 valence electrons. The number of hydrogen-bond acceptors (Lipinski definition) is 3. The number of hydrogen-bond donors (Lipinski definition) is 0. The smallest absolute Gasteiger partial charge is 0.0832 e. The van der Waals surface area contributed by atoms with E-state index >= 15 is 0 Å². The van der Waals surface area contributed by atoms with Gasteiger partial charge in [0.15, 0.2) is 0 Å². The van der Waals surface area contributed by atoms with Crippen molar-refractivity contribution in [2.24, 2.45) is 5.10 Å². The maximum Gasteiger partial charge on any atom is 0.0832 e. The minimum Gasteiger partial charge on any atom is -0.257 e. The zero-order valence-corrected chi connectivity index (χ0v) is 14.0. The van der Waals surface area contributed by atoms with E-state index in [2.05, 4.69) is 46.8 Å². The molecule has 1 aliphatic rings. The SMILES string of the molecule is Clc1ccc(N2N=C(c3cccs3)C[C@H]2c2ccccc2)cc1. The van der Waals surface area contributed by atoms with Crippen LogP contribution in [-0.4, -0.2) is 5.71 Å². The summed E-state index contributed by atoms with van der Waals surface area (Å²) in [6.07, 6.45) is 0.910. The van der Waals surface area contributed by atoms with E-state index in [-0.39, 0.29) is 6.04 Å². The highest BCUT2D eigenvalue weighted by Crippen LogP contribution is 2.37.